The van der Waals surface area contributed by atoms with Gasteiger partial charge in [-0.15, -0.1) is 0 Å². The lowest BCUT2D eigenvalue weighted by molar-refractivity contribution is -0.00107. The Morgan fingerprint density at radius 3 is 2.48 bits per heavy atom. The Hall–Kier alpha value is -1.94. The molecule has 0 spiro atoms. The van der Waals surface area contributed by atoms with E-state index < -0.39 is 0 Å². The first-order chi connectivity index (χ1) is 11.9. The summed E-state index contributed by atoms with van der Waals surface area (Å²) in [5, 5.41) is 21.4. The molecule has 0 aromatic heterocycles. The molecule has 0 saturated carbocycles. The largest absolute Gasteiger partial charge is 0.388 e. The molecule has 0 fully saturated rings. The van der Waals surface area contributed by atoms with E-state index in [4.69, 9.17) is 10.00 Å². The smallest absolute Gasteiger partial charge is 0.101 e. The first-order valence-electron chi connectivity index (χ1n) is 8.44. The molecular weight excluding hydrogens is 331 g/mol. The van der Waals surface area contributed by atoms with Crippen LogP contribution in [0.4, 0.5) is 5.69 Å². The number of aliphatic imine (C=N–C) groups is 1. The van der Waals surface area contributed by atoms with Gasteiger partial charge in [0, 0.05) is 19.3 Å². The van der Waals surface area contributed by atoms with Crippen molar-refractivity contribution in [2.75, 3.05) is 25.5 Å². The zero-order chi connectivity index (χ0) is 18.9. The van der Waals surface area contributed by atoms with Crippen molar-refractivity contribution in [2.45, 2.75) is 45.6 Å². The van der Waals surface area contributed by atoms with Crippen molar-refractivity contribution in [3.05, 3.63) is 28.8 Å². The highest BCUT2D eigenvalue weighted by Gasteiger charge is 2.17. The summed E-state index contributed by atoms with van der Waals surface area (Å²) in [5.74, 6) is 0. The van der Waals surface area contributed by atoms with Gasteiger partial charge in [-0.1, -0.05) is 22.6 Å². The van der Waals surface area contributed by atoms with E-state index >= 15 is 0 Å². The molecule has 1 N–H and O–H groups in total. The highest BCUT2D eigenvalue weighted by atomic mass is 31.0. The van der Waals surface area contributed by atoms with E-state index in [2.05, 4.69) is 52.5 Å². The quantitative estimate of drug-likeness (QED) is 0.536. The Morgan fingerprint density at radius 1 is 1.28 bits per heavy atom. The highest BCUT2D eigenvalue weighted by molar-refractivity contribution is 7.40. The lowest BCUT2D eigenvalue weighted by Crippen LogP contribution is -2.26. The first kappa shape index (κ1) is 21.1. The van der Waals surface area contributed by atoms with Gasteiger partial charge in [0.25, 0.3) is 0 Å². The van der Waals surface area contributed by atoms with Crippen LogP contribution in [0.15, 0.2) is 17.1 Å². The maximum absolute atomic E-state index is 9.17. The molecule has 0 heterocycles. The van der Waals surface area contributed by atoms with Gasteiger partial charge in [-0.05, 0) is 44.4 Å². The molecule has 0 aliphatic carbocycles. The normalized spacial score (nSPS) is 11.7. The zero-order valence-corrected chi connectivity index (χ0v) is 16.7. The van der Waals surface area contributed by atoms with Crippen LogP contribution in [-0.2, 0) is 11.2 Å². The number of ether oxygens (including phenoxy) is 1. The molecule has 1 unspecified atom stereocenters. The van der Waals surface area contributed by atoms with Gasteiger partial charge in [0.2, 0.25) is 0 Å². The van der Waals surface area contributed by atoms with Gasteiger partial charge in [0.05, 0.1) is 28.8 Å². The fourth-order valence-corrected chi connectivity index (χ4v) is 2.79. The molecule has 1 atom stereocenters. The van der Waals surface area contributed by atoms with Crippen molar-refractivity contribution in [1.29, 1.82) is 10.5 Å². The average Bonchev–Trinajstić information content (AvgIpc) is 2.59. The molecule has 134 valence electrons. The number of nitriles is 2. The summed E-state index contributed by atoms with van der Waals surface area (Å²) in [4.78, 5) is 4.54. The molecule has 0 bridgehead atoms. The summed E-state index contributed by atoms with van der Waals surface area (Å²) in [6.45, 7) is 7.42. The third-order valence-corrected chi connectivity index (χ3v) is 4.26. The Balaban J connectivity index is 2.72. The topological polar surface area (TPSA) is 81.2 Å². The minimum atomic E-state index is -0.139. The second-order valence-electron chi connectivity index (χ2n) is 6.45. The lowest BCUT2D eigenvalue weighted by Gasteiger charge is -2.24. The minimum Gasteiger partial charge on any atom is -0.388 e. The van der Waals surface area contributed by atoms with Gasteiger partial charge in [0.15, 0.2) is 0 Å². The molecule has 1 rings (SSSR count). The van der Waals surface area contributed by atoms with Gasteiger partial charge < -0.3 is 10.1 Å². The van der Waals surface area contributed by atoms with Gasteiger partial charge in [-0.3, -0.25) is 4.99 Å². The number of nitrogens with one attached hydrogen (secondary N) is 1. The SMILES string of the molecule is CCCC(C)(C)OCC(P)=NCCc1cc(C#N)c(C#N)cc1NC. The molecule has 0 saturated heterocycles. The van der Waals surface area contributed by atoms with Crippen LogP contribution in [-0.4, -0.2) is 31.3 Å². The van der Waals surface area contributed by atoms with Gasteiger partial charge >= 0.3 is 0 Å². The molecule has 0 aliphatic heterocycles. The van der Waals surface area contributed by atoms with Gasteiger partial charge in [-0.2, -0.15) is 10.5 Å². The number of hydrogen-bond donors (Lipinski definition) is 1. The van der Waals surface area contributed by atoms with Gasteiger partial charge in [0.1, 0.15) is 12.1 Å². The number of rotatable bonds is 9. The number of anilines is 1. The molecule has 6 heteroatoms. The van der Waals surface area contributed by atoms with Crippen LogP contribution >= 0.6 is 9.24 Å². The molecule has 1 aromatic rings. The molecule has 0 amide bonds. The second-order valence-corrected chi connectivity index (χ2v) is 7.12. The second kappa shape index (κ2) is 10.1. The van der Waals surface area contributed by atoms with Crippen LogP contribution in [0.1, 0.15) is 50.3 Å². The summed E-state index contributed by atoms with van der Waals surface area (Å²) in [6.07, 6.45) is 2.79. The Kier molecular flexibility index (Phi) is 8.56. The number of benzene rings is 1. The lowest BCUT2D eigenvalue weighted by atomic mass is 10.0. The van der Waals surface area contributed by atoms with Crippen molar-refractivity contribution in [3.8, 4) is 12.1 Å². The average molecular weight is 358 g/mol. The van der Waals surface area contributed by atoms with E-state index in [0.717, 1.165) is 29.5 Å². The maximum atomic E-state index is 9.17. The van der Waals surface area contributed by atoms with Crippen LogP contribution in [0, 0.1) is 22.7 Å². The van der Waals surface area contributed by atoms with Crippen LogP contribution in [0.2, 0.25) is 0 Å². The fourth-order valence-electron chi connectivity index (χ4n) is 2.58. The Morgan fingerprint density at radius 2 is 1.92 bits per heavy atom. The molecule has 0 aliphatic rings. The predicted octanol–water partition coefficient (Wildman–Crippen LogP) is 3.88. The summed E-state index contributed by atoms with van der Waals surface area (Å²) in [5.41, 5.74) is 3.36. The zero-order valence-electron chi connectivity index (χ0n) is 15.5. The predicted molar refractivity (Wildman–Crippen MR) is 106 cm³/mol. The maximum Gasteiger partial charge on any atom is 0.101 e. The van der Waals surface area contributed by atoms with Crippen LogP contribution in [0.5, 0.6) is 0 Å². The van der Waals surface area contributed by atoms with E-state index in [1.165, 1.54) is 0 Å². The Bertz CT molecular complexity index is 699. The van der Waals surface area contributed by atoms with Gasteiger partial charge in [-0.25, -0.2) is 0 Å². The summed E-state index contributed by atoms with van der Waals surface area (Å²) >= 11 is 0. The Labute approximate surface area is 153 Å². The molecule has 5 nitrogen and oxygen atoms in total. The molecular formula is C19H27N4OP. The van der Waals surface area contributed by atoms with E-state index in [1.54, 1.807) is 19.2 Å². The minimum absolute atomic E-state index is 0.139. The van der Waals surface area contributed by atoms with E-state index in [9.17, 15) is 5.26 Å². The molecule has 1 aromatic carbocycles. The van der Waals surface area contributed by atoms with Crippen LogP contribution in [0.25, 0.3) is 0 Å². The third-order valence-electron chi connectivity index (χ3n) is 3.91. The van der Waals surface area contributed by atoms with Crippen molar-refractivity contribution in [1.82, 2.24) is 0 Å². The fraction of sp³-hybridized carbons (Fsp3) is 0.526. The summed E-state index contributed by atoms with van der Waals surface area (Å²) < 4.78 is 5.90. The monoisotopic (exact) mass is 358 g/mol. The van der Waals surface area contributed by atoms with Crippen molar-refractivity contribution < 1.29 is 4.74 Å². The molecule has 0 radical (unpaired) electrons. The first-order valence-corrected chi connectivity index (χ1v) is 9.02. The standard InChI is InChI=1S/C19H27N4OP/c1-5-7-19(2,3)24-13-18(25)23-8-6-14-9-15(11-20)16(12-21)10-17(14)22-4/h9-10,22H,5-8,13,25H2,1-4H3. The van der Waals surface area contributed by atoms with Crippen molar-refractivity contribution in [2.24, 2.45) is 4.99 Å². The number of nitrogens with zero attached hydrogens (tertiary/aromatic N) is 3. The third kappa shape index (κ3) is 6.83. The van der Waals surface area contributed by atoms with Crippen LogP contribution < -0.4 is 5.32 Å². The number of hydrogen-bond acceptors (Lipinski definition) is 5. The van der Waals surface area contributed by atoms with E-state index in [-0.39, 0.29) is 5.60 Å². The van der Waals surface area contributed by atoms with Crippen molar-refractivity contribution in [3.63, 3.8) is 0 Å². The highest BCUT2D eigenvalue weighted by Crippen LogP contribution is 2.22. The molecule has 25 heavy (non-hydrogen) atoms. The van der Waals surface area contributed by atoms with E-state index in [1.807, 2.05) is 0 Å². The summed E-state index contributed by atoms with van der Waals surface area (Å²) in [7, 11) is 4.44. The van der Waals surface area contributed by atoms with Crippen LogP contribution in [0.3, 0.4) is 0 Å². The summed E-state index contributed by atoms with van der Waals surface area (Å²) in [6, 6.07) is 7.61. The van der Waals surface area contributed by atoms with Crippen molar-refractivity contribution >= 4 is 20.4 Å². The van der Waals surface area contributed by atoms with E-state index in [0.29, 0.717) is 30.7 Å².